The quantitative estimate of drug-likeness (QED) is 0.188. The lowest BCUT2D eigenvalue weighted by molar-refractivity contribution is 0.669. The zero-order chi connectivity index (χ0) is 33.0. The standard InChI is InChI=1S/C45H28N4O/c1-4-14-29(15-5-1)32-24-25-34-33-20-10-12-22-38(33)49(39(34)26-32)40-27-36-35-21-11-13-23-41(35)50-42(36)28-37(40)45-47-43(30-16-6-2-7-17-30)46-44(48-45)31-18-8-3-9-19-31/h1-28H. The summed E-state index contributed by atoms with van der Waals surface area (Å²) in [4.78, 5) is 15.3. The number of furan rings is 1. The fraction of sp³-hybridized carbons (Fsp3) is 0. The molecule has 0 atom stereocenters. The fourth-order valence-electron chi connectivity index (χ4n) is 7.09. The molecule has 0 aliphatic carbocycles. The van der Waals surface area contributed by atoms with Gasteiger partial charge in [0.15, 0.2) is 17.5 Å². The molecular weight excluding hydrogens is 613 g/mol. The van der Waals surface area contributed by atoms with Crippen LogP contribution in [0.15, 0.2) is 174 Å². The van der Waals surface area contributed by atoms with Crippen molar-refractivity contribution >= 4 is 43.7 Å². The third-order valence-electron chi connectivity index (χ3n) is 9.46. The van der Waals surface area contributed by atoms with Gasteiger partial charge in [-0.05, 0) is 41.5 Å². The average molecular weight is 641 g/mol. The van der Waals surface area contributed by atoms with Crippen LogP contribution in [0, 0.1) is 0 Å². The highest BCUT2D eigenvalue weighted by Gasteiger charge is 2.22. The van der Waals surface area contributed by atoms with E-state index in [0.29, 0.717) is 17.5 Å². The van der Waals surface area contributed by atoms with E-state index in [0.717, 1.165) is 60.9 Å². The molecule has 0 bridgehead atoms. The summed E-state index contributed by atoms with van der Waals surface area (Å²) in [5, 5.41) is 4.45. The molecule has 10 aromatic rings. The molecule has 0 spiro atoms. The van der Waals surface area contributed by atoms with Gasteiger partial charge in [-0.25, -0.2) is 15.0 Å². The summed E-state index contributed by atoms with van der Waals surface area (Å²) in [6.07, 6.45) is 0. The fourth-order valence-corrected chi connectivity index (χ4v) is 7.09. The largest absolute Gasteiger partial charge is 0.456 e. The Morgan fingerprint density at radius 3 is 1.62 bits per heavy atom. The van der Waals surface area contributed by atoms with Crippen molar-refractivity contribution in [3.63, 3.8) is 0 Å². The van der Waals surface area contributed by atoms with Gasteiger partial charge in [0.25, 0.3) is 0 Å². The van der Waals surface area contributed by atoms with Gasteiger partial charge < -0.3 is 8.98 Å². The van der Waals surface area contributed by atoms with Gasteiger partial charge in [-0.1, -0.05) is 140 Å². The number of nitrogens with zero attached hydrogens (tertiary/aromatic N) is 4. The minimum Gasteiger partial charge on any atom is -0.456 e. The lowest BCUT2D eigenvalue weighted by Gasteiger charge is -2.15. The van der Waals surface area contributed by atoms with Crippen molar-refractivity contribution in [2.45, 2.75) is 0 Å². The molecule has 5 heteroatoms. The highest BCUT2D eigenvalue weighted by molar-refractivity contribution is 6.12. The molecular formula is C45H28N4O. The molecule has 0 N–H and O–H groups in total. The second-order valence-corrected chi connectivity index (χ2v) is 12.5. The van der Waals surface area contributed by atoms with Gasteiger partial charge in [0.05, 0.1) is 16.7 Å². The van der Waals surface area contributed by atoms with Crippen LogP contribution >= 0.6 is 0 Å². The third-order valence-corrected chi connectivity index (χ3v) is 9.46. The van der Waals surface area contributed by atoms with Crippen molar-refractivity contribution in [2.24, 2.45) is 0 Å². The van der Waals surface area contributed by atoms with Crippen molar-refractivity contribution in [3.05, 3.63) is 170 Å². The zero-order valence-electron chi connectivity index (χ0n) is 26.9. The molecule has 5 nitrogen and oxygen atoms in total. The molecule has 0 radical (unpaired) electrons. The van der Waals surface area contributed by atoms with Gasteiger partial charge in [0, 0.05) is 38.2 Å². The minimum atomic E-state index is 0.570. The van der Waals surface area contributed by atoms with Crippen molar-refractivity contribution in [3.8, 4) is 51.0 Å². The van der Waals surface area contributed by atoms with E-state index < -0.39 is 0 Å². The summed E-state index contributed by atoms with van der Waals surface area (Å²) >= 11 is 0. The van der Waals surface area contributed by atoms with E-state index in [9.17, 15) is 0 Å². The topological polar surface area (TPSA) is 56.7 Å². The Labute approximate surface area is 287 Å². The van der Waals surface area contributed by atoms with E-state index in [4.69, 9.17) is 19.4 Å². The van der Waals surface area contributed by atoms with E-state index in [1.54, 1.807) is 0 Å². The number of para-hydroxylation sites is 2. The highest BCUT2D eigenvalue weighted by atomic mass is 16.3. The molecule has 50 heavy (non-hydrogen) atoms. The van der Waals surface area contributed by atoms with E-state index >= 15 is 0 Å². The molecule has 7 aromatic carbocycles. The second kappa shape index (κ2) is 11.4. The Balaban J connectivity index is 1.33. The van der Waals surface area contributed by atoms with Crippen LogP contribution in [0.3, 0.4) is 0 Å². The Kier molecular flexibility index (Phi) is 6.42. The number of fused-ring (bicyclic) bond motifs is 6. The molecule has 0 saturated heterocycles. The summed E-state index contributed by atoms with van der Waals surface area (Å²) in [5.74, 6) is 1.79. The second-order valence-electron chi connectivity index (χ2n) is 12.5. The number of hydrogen-bond acceptors (Lipinski definition) is 4. The van der Waals surface area contributed by atoms with Crippen LogP contribution in [0.1, 0.15) is 0 Å². The van der Waals surface area contributed by atoms with Crippen LogP contribution in [0.25, 0.3) is 94.7 Å². The molecule has 0 aliphatic rings. The van der Waals surface area contributed by atoms with Gasteiger partial charge in [0.1, 0.15) is 11.2 Å². The molecule has 0 amide bonds. The van der Waals surface area contributed by atoms with E-state index in [2.05, 4.69) is 102 Å². The lowest BCUT2D eigenvalue weighted by atomic mass is 10.0. The van der Waals surface area contributed by atoms with Crippen LogP contribution in [0.4, 0.5) is 0 Å². The molecule has 3 heterocycles. The molecule has 0 aliphatic heterocycles. The van der Waals surface area contributed by atoms with Gasteiger partial charge in [-0.2, -0.15) is 0 Å². The predicted octanol–water partition coefficient (Wildman–Crippen LogP) is 11.5. The minimum absolute atomic E-state index is 0.570. The molecule has 3 aromatic heterocycles. The summed E-state index contributed by atoms with van der Waals surface area (Å²) in [6.45, 7) is 0. The van der Waals surface area contributed by atoms with Crippen LogP contribution in [0.2, 0.25) is 0 Å². The van der Waals surface area contributed by atoms with Gasteiger partial charge in [0.2, 0.25) is 0 Å². The monoisotopic (exact) mass is 640 g/mol. The van der Waals surface area contributed by atoms with Crippen molar-refractivity contribution in [1.29, 1.82) is 0 Å². The van der Waals surface area contributed by atoms with Crippen LogP contribution in [-0.4, -0.2) is 19.5 Å². The maximum atomic E-state index is 6.49. The molecule has 0 saturated carbocycles. The number of benzene rings is 7. The maximum Gasteiger partial charge on any atom is 0.166 e. The average Bonchev–Trinajstić information content (AvgIpc) is 3.73. The smallest absolute Gasteiger partial charge is 0.166 e. The first-order chi connectivity index (χ1) is 24.8. The van der Waals surface area contributed by atoms with Crippen molar-refractivity contribution < 1.29 is 4.42 Å². The summed E-state index contributed by atoms with van der Waals surface area (Å²) in [6, 6.07) is 58.6. The normalized spacial score (nSPS) is 11.6. The highest BCUT2D eigenvalue weighted by Crippen LogP contribution is 2.41. The molecule has 10 rings (SSSR count). The van der Waals surface area contributed by atoms with E-state index in [-0.39, 0.29) is 0 Å². The first-order valence-corrected chi connectivity index (χ1v) is 16.7. The Hall–Kier alpha value is -6.85. The number of aromatic nitrogens is 4. The van der Waals surface area contributed by atoms with Crippen molar-refractivity contribution in [1.82, 2.24) is 19.5 Å². The third kappa shape index (κ3) is 4.60. The van der Waals surface area contributed by atoms with Gasteiger partial charge >= 0.3 is 0 Å². The van der Waals surface area contributed by atoms with Crippen LogP contribution in [-0.2, 0) is 0 Å². The summed E-state index contributed by atoms with van der Waals surface area (Å²) in [7, 11) is 0. The Morgan fingerprint density at radius 2 is 0.920 bits per heavy atom. The Bertz CT molecular complexity index is 2800. The van der Waals surface area contributed by atoms with Crippen molar-refractivity contribution in [2.75, 3.05) is 0 Å². The molecule has 0 unspecified atom stereocenters. The summed E-state index contributed by atoms with van der Waals surface area (Å²) < 4.78 is 8.85. The summed E-state index contributed by atoms with van der Waals surface area (Å²) in [5.41, 5.74) is 9.78. The van der Waals surface area contributed by atoms with Crippen LogP contribution in [0.5, 0.6) is 0 Å². The van der Waals surface area contributed by atoms with Gasteiger partial charge in [-0.15, -0.1) is 0 Å². The predicted molar refractivity (Wildman–Crippen MR) is 203 cm³/mol. The van der Waals surface area contributed by atoms with E-state index in [1.807, 2.05) is 72.8 Å². The zero-order valence-corrected chi connectivity index (χ0v) is 26.9. The Morgan fingerprint density at radius 1 is 0.360 bits per heavy atom. The van der Waals surface area contributed by atoms with E-state index in [1.165, 1.54) is 16.3 Å². The molecule has 0 fully saturated rings. The first kappa shape index (κ1) is 28.2. The molecule has 234 valence electrons. The first-order valence-electron chi connectivity index (χ1n) is 16.7. The van der Waals surface area contributed by atoms with Gasteiger partial charge in [-0.3, -0.25) is 0 Å². The van der Waals surface area contributed by atoms with Crippen LogP contribution < -0.4 is 0 Å². The SMILES string of the molecule is c1ccc(-c2ccc3c4ccccc4n(-c4cc5c(cc4-c4nc(-c6ccccc6)nc(-c6ccccc6)n4)oc4ccccc45)c3c2)cc1. The maximum absolute atomic E-state index is 6.49. The number of hydrogen-bond donors (Lipinski definition) is 0. The lowest BCUT2D eigenvalue weighted by Crippen LogP contribution is -2.04. The number of rotatable bonds is 5.